The summed E-state index contributed by atoms with van der Waals surface area (Å²) in [6, 6.07) is 1.92. The molecule has 4 nitrogen and oxygen atoms in total. The van der Waals surface area contributed by atoms with Gasteiger partial charge in [0.2, 0.25) is 0 Å². The topological polar surface area (TPSA) is 81.3 Å². The summed E-state index contributed by atoms with van der Waals surface area (Å²) in [5, 5.41) is 8.33. The van der Waals surface area contributed by atoms with Crippen LogP contribution in [-0.4, -0.2) is 15.4 Å². The van der Waals surface area contributed by atoms with Crippen molar-refractivity contribution in [3.8, 4) is 6.07 Å². The first-order valence-corrected chi connectivity index (χ1v) is 6.14. The lowest BCUT2D eigenvalue weighted by Crippen LogP contribution is -2.09. The van der Waals surface area contributed by atoms with Gasteiger partial charge >= 0.3 is 7.60 Å². The van der Waals surface area contributed by atoms with Gasteiger partial charge in [0.15, 0.2) is 0 Å². The number of rotatable bonds is 5. The Morgan fingerprint density at radius 1 is 1.54 bits per heavy atom. The molecule has 0 bridgehead atoms. The van der Waals surface area contributed by atoms with E-state index >= 15 is 0 Å². The van der Waals surface area contributed by atoms with Crippen LogP contribution in [0, 0.1) is 17.2 Å². The fourth-order valence-electron chi connectivity index (χ4n) is 1.39. The second-order valence-electron chi connectivity index (χ2n) is 3.62. The van der Waals surface area contributed by atoms with Gasteiger partial charge in [-0.2, -0.15) is 5.26 Å². The molecule has 13 heavy (non-hydrogen) atoms. The van der Waals surface area contributed by atoms with Crippen molar-refractivity contribution in [2.24, 2.45) is 5.92 Å². The molecule has 1 aliphatic rings. The van der Waals surface area contributed by atoms with Crippen molar-refractivity contribution >= 4 is 7.60 Å². The van der Waals surface area contributed by atoms with Gasteiger partial charge in [0.05, 0.1) is 11.7 Å². The third kappa shape index (κ3) is 3.91. The van der Waals surface area contributed by atoms with Gasteiger partial charge in [-0.05, 0) is 18.8 Å². The van der Waals surface area contributed by atoms with Crippen LogP contribution < -0.4 is 0 Å². The van der Waals surface area contributed by atoms with Crippen LogP contribution in [0.2, 0.25) is 0 Å². The molecule has 0 radical (unpaired) electrons. The minimum absolute atomic E-state index is 0.239. The second-order valence-corrected chi connectivity index (χ2v) is 5.53. The van der Waals surface area contributed by atoms with Gasteiger partial charge in [-0.1, -0.05) is 12.8 Å². The van der Waals surface area contributed by atoms with E-state index in [0.717, 1.165) is 12.8 Å². The van der Waals surface area contributed by atoms with Crippen molar-refractivity contribution in [1.29, 1.82) is 5.26 Å². The third-order valence-corrected chi connectivity index (χ3v) is 3.79. The molecule has 0 aliphatic heterocycles. The fourth-order valence-corrected chi connectivity index (χ4v) is 2.43. The van der Waals surface area contributed by atoms with E-state index in [-0.39, 0.29) is 6.42 Å². The predicted molar refractivity (Wildman–Crippen MR) is 48.0 cm³/mol. The summed E-state index contributed by atoms with van der Waals surface area (Å²) in [7, 11) is -3.97. The largest absolute Gasteiger partial charge is 0.328 e. The van der Waals surface area contributed by atoms with Crippen molar-refractivity contribution in [2.75, 3.05) is 0 Å². The average Bonchev–Trinajstić information content (AvgIpc) is 2.78. The van der Waals surface area contributed by atoms with Crippen molar-refractivity contribution in [3.63, 3.8) is 0 Å². The Morgan fingerprint density at radius 3 is 2.54 bits per heavy atom. The molecule has 0 aromatic rings. The maximum absolute atomic E-state index is 11.0. The molecular formula is C8H14NO3P. The average molecular weight is 203 g/mol. The number of nitrogens with zero attached hydrogens (tertiary/aromatic N) is 1. The zero-order valence-electron chi connectivity index (χ0n) is 7.39. The molecule has 1 atom stereocenters. The summed E-state index contributed by atoms with van der Waals surface area (Å²) in [5.74, 6) is 0.497. The van der Waals surface area contributed by atoms with Crippen LogP contribution in [0.4, 0.5) is 0 Å². The molecule has 0 spiro atoms. The standard InChI is InChI=1S/C8H14NO3P/c9-5-1-2-8(13(10,11)12)6-7-3-4-7/h7-8H,1-4,6H2,(H2,10,11,12). The van der Waals surface area contributed by atoms with E-state index in [0.29, 0.717) is 18.8 Å². The highest BCUT2D eigenvalue weighted by molar-refractivity contribution is 7.52. The molecule has 0 amide bonds. The maximum atomic E-state index is 11.0. The molecule has 0 saturated heterocycles. The molecule has 1 aliphatic carbocycles. The number of nitriles is 1. The van der Waals surface area contributed by atoms with Crippen LogP contribution in [0.25, 0.3) is 0 Å². The summed E-state index contributed by atoms with van der Waals surface area (Å²) in [4.78, 5) is 18.0. The van der Waals surface area contributed by atoms with Gasteiger partial charge < -0.3 is 9.79 Å². The van der Waals surface area contributed by atoms with Crippen LogP contribution in [0.1, 0.15) is 32.1 Å². The summed E-state index contributed by atoms with van der Waals surface area (Å²) in [5.41, 5.74) is -0.584. The van der Waals surface area contributed by atoms with Crippen molar-refractivity contribution in [2.45, 2.75) is 37.8 Å². The highest BCUT2D eigenvalue weighted by Gasteiger charge is 2.34. The Balaban J connectivity index is 2.43. The van der Waals surface area contributed by atoms with E-state index in [2.05, 4.69) is 0 Å². The zero-order chi connectivity index (χ0) is 9.90. The summed E-state index contributed by atoms with van der Waals surface area (Å²) in [6.45, 7) is 0. The molecule has 2 N–H and O–H groups in total. The smallest absolute Gasteiger partial charge is 0.324 e. The monoisotopic (exact) mass is 203 g/mol. The number of hydrogen-bond acceptors (Lipinski definition) is 2. The quantitative estimate of drug-likeness (QED) is 0.665. The van der Waals surface area contributed by atoms with E-state index in [4.69, 9.17) is 15.0 Å². The minimum Gasteiger partial charge on any atom is -0.324 e. The first kappa shape index (κ1) is 10.7. The van der Waals surface area contributed by atoms with Crippen LogP contribution in [0.15, 0.2) is 0 Å². The minimum atomic E-state index is -3.97. The SMILES string of the molecule is N#CCCC(CC1CC1)P(=O)(O)O. The van der Waals surface area contributed by atoms with Gasteiger partial charge in [-0.15, -0.1) is 0 Å². The highest BCUT2D eigenvalue weighted by atomic mass is 31.2. The Labute approximate surface area is 77.7 Å². The lowest BCUT2D eigenvalue weighted by molar-refractivity contribution is 0.348. The van der Waals surface area contributed by atoms with Crippen LogP contribution in [0.3, 0.4) is 0 Å². The van der Waals surface area contributed by atoms with E-state index in [1.807, 2.05) is 6.07 Å². The predicted octanol–water partition coefficient (Wildman–Crippen LogP) is 1.64. The highest BCUT2D eigenvalue weighted by Crippen LogP contribution is 2.49. The summed E-state index contributed by atoms with van der Waals surface area (Å²) in [6.07, 6.45) is 3.33. The molecule has 1 fully saturated rings. The van der Waals surface area contributed by atoms with E-state index in [1.165, 1.54) is 0 Å². The maximum Gasteiger partial charge on any atom is 0.328 e. The molecule has 0 aromatic heterocycles. The van der Waals surface area contributed by atoms with Crippen molar-refractivity contribution < 1.29 is 14.4 Å². The van der Waals surface area contributed by atoms with E-state index in [1.54, 1.807) is 0 Å². The third-order valence-electron chi connectivity index (χ3n) is 2.37. The van der Waals surface area contributed by atoms with E-state index in [9.17, 15) is 4.57 Å². The lowest BCUT2D eigenvalue weighted by atomic mass is 10.1. The molecule has 1 rings (SSSR count). The lowest BCUT2D eigenvalue weighted by Gasteiger charge is -2.16. The van der Waals surface area contributed by atoms with Gasteiger partial charge in [0.1, 0.15) is 0 Å². The number of hydrogen-bond donors (Lipinski definition) is 2. The van der Waals surface area contributed by atoms with Gasteiger partial charge in [-0.3, -0.25) is 4.57 Å². The summed E-state index contributed by atoms with van der Waals surface area (Å²) < 4.78 is 11.0. The second kappa shape index (κ2) is 4.23. The molecule has 1 unspecified atom stereocenters. The first-order chi connectivity index (χ1) is 6.04. The molecule has 1 saturated carbocycles. The molecular weight excluding hydrogens is 189 g/mol. The molecule has 5 heteroatoms. The summed E-state index contributed by atoms with van der Waals surface area (Å²) >= 11 is 0. The Morgan fingerprint density at radius 2 is 2.15 bits per heavy atom. The molecule has 0 heterocycles. The zero-order valence-corrected chi connectivity index (χ0v) is 8.28. The fraction of sp³-hybridized carbons (Fsp3) is 0.875. The Bertz CT molecular complexity index is 251. The molecule has 74 valence electrons. The van der Waals surface area contributed by atoms with Crippen molar-refractivity contribution in [3.05, 3.63) is 0 Å². The van der Waals surface area contributed by atoms with Crippen LogP contribution in [-0.2, 0) is 4.57 Å². The Kier molecular flexibility index (Phi) is 3.49. The van der Waals surface area contributed by atoms with Gasteiger partial charge in [-0.25, -0.2) is 0 Å². The van der Waals surface area contributed by atoms with Gasteiger partial charge in [0, 0.05) is 6.42 Å². The van der Waals surface area contributed by atoms with Crippen LogP contribution in [0.5, 0.6) is 0 Å². The Hall–Kier alpha value is -0.360. The normalized spacial score (nSPS) is 19.5. The first-order valence-electron chi connectivity index (χ1n) is 4.46. The van der Waals surface area contributed by atoms with Gasteiger partial charge in [0.25, 0.3) is 0 Å². The van der Waals surface area contributed by atoms with E-state index < -0.39 is 13.3 Å². The van der Waals surface area contributed by atoms with Crippen molar-refractivity contribution in [1.82, 2.24) is 0 Å². The molecule has 0 aromatic carbocycles. The van der Waals surface area contributed by atoms with Crippen LogP contribution >= 0.6 is 7.60 Å².